The highest BCUT2D eigenvalue weighted by molar-refractivity contribution is 5.46. The summed E-state index contributed by atoms with van der Waals surface area (Å²) in [6.45, 7) is 0. The van der Waals surface area contributed by atoms with Crippen LogP contribution in [0.5, 0.6) is 11.8 Å². The molecule has 5 heteroatoms. The summed E-state index contributed by atoms with van der Waals surface area (Å²) in [7, 11) is 3.03. The van der Waals surface area contributed by atoms with Crippen LogP contribution in [0.2, 0.25) is 0 Å². The van der Waals surface area contributed by atoms with Gasteiger partial charge in [-0.25, -0.2) is 4.98 Å². The van der Waals surface area contributed by atoms with Gasteiger partial charge in [0, 0.05) is 0 Å². The van der Waals surface area contributed by atoms with E-state index in [1.165, 1.54) is 20.4 Å². The lowest BCUT2D eigenvalue weighted by Gasteiger charge is -2.24. The molecule has 0 amide bonds. The number of benzene rings is 1. The average molecular weight is 272 g/mol. The molecule has 5 nitrogen and oxygen atoms in total. The Morgan fingerprint density at radius 2 is 2.00 bits per heavy atom. The van der Waals surface area contributed by atoms with Crippen LogP contribution in [0.1, 0.15) is 23.2 Å². The standard InChI is InChI=1S/C15H16N2O3/c1-19-12-9-16-13(14(17-12)20-2)15(18)8-7-10-5-3-4-6-11(10)15/h3-6,9,18H,7-8H2,1-2H3. The van der Waals surface area contributed by atoms with E-state index in [9.17, 15) is 5.11 Å². The fourth-order valence-electron chi connectivity index (χ4n) is 2.72. The first-order valence-electron chi connectivity index (χ1n) is 6.45. The third kappa shape index (κ3) is 1.82. The normalized spacial score (nSPS) is 20.6. The zero-order chi connectivity index (χ0) is 14.2. The van der Waals surface area contributed by atoms with Crippen LogP contribution >= 0.6 is 0 Å². The predicted octanol–water partition coefficient (Wildman–Crippen LogP) is 1.68. The summed E-state index contributed by atoms with van der Waals surface area (Å²) in [5.74, 6) is 0.657. The molecule has 0 aliphatic heterocycles. The van der Waals surface area contributed by atoms with Gasteiger partial charge in [-0.3, -0.25) is 0 Å². The van der Waals surface area contributed by atoms with Gasteiger partial charge in [0.05, 0.1) is 20.4 Å². The minimum Gasteiger partial charge on any atom is -0.480 e. The van der Waals surface area contributed by atoms with E-state index in [2.05, 4.69) is 9.97 Å². The first kappa shape index (κ1) is 12.9. The van der Waals surface area contributed by atoms with Gasteiger partial charge < -0.3 is 14.6 Å². The second-order valence-electron chi connectivity index (χ2n) is 4.79. The van der Waals surface area contributed by atoms with Crippen LogP contribution in [0, 0.1) is 0 Å². The summed E-state index contributed by atoms with van der Waals surface area (Å²) in [4.78, 5) is 8.52. The van der Waals surface area contributed by atoms with Gasteiger partial charge in [-0.1, -0.05) is 24.3 Å². The van der Waals surface area contributed by atoms with Gasteiger partial charge in [0.2, 0.25) is 11.8 Å². The van der Waals surface area contributed by atoms with Crippen LogP contribution in [0.3, 0.4) is 0 Å². The SMILES string of the molecule is COc1cnc(C2(O)CCc3ccccc32)c(OC)n1. The van der Waals surface area contributed by atoms with E-state index < -0.39 is 5.60 Å². The highest BCUT2D eigenvalue weighted by Gasteiger charge is 2.42. The number of fused-ring (bicyclic) bond motifs is 1. The summed E-state index contributed by atoms with van der Waals surface area (Å²) in [5.41, 5.74) is 1.29. The maximum Gasteiger partial charge on any atom is 0.242 e. The fraction of sp³-hybridized carbons (Fsp3) is 0.333. The molecule has 1 heterocycles. The number of nitrogens with zero attached hydrogens (tertiary/aromatic N) is 2. The molecule has 3 rings (SSSR count). The molecule has 20 heavy (non-hydrogen) atoms. The predicted molar refractivity (Wildman–Crippen MR) is 72.9 cm³/mol. The van der Waals surface area contributed by atoms with Gasteiger partial charge in [-0.05, 0) is 24.0 Å². The quantitative estimate of drug-likeness (QED) is 0.921. The third-order valence-electron chi connectivity index (χ3n) is 3.73. The number of rotatable bonds is 3. The lowest BCUT2D eigenvalue weighted by atomic mass is 9.92. The first-order valence-corrected chi connectivity index (χ1v) is 6.45. The Bertz CT molecular complexity index is 645. The van der Waals surface area contributed by atoms with Crippen molar-refractivity contribution in [1.82, 2.24) is 9.97 Å². The van der Waals surface area contributed by atoms with Crippen LogP contribution in [-0.4, -0.2) is 29.3 Å². The van der Waals surface area contributed by atoms with Crippen molar-refractivity contribution >= 4 is 0 Å². The molecule has 0 spiro atoms. The van der Waals surface area contributed by atoms with Crippen molar-refractivity contribution in [3.05, 3.63) is 47.3 Å². The summed E-state index contributed by atoms with van der Waals surface area (Å²) in [6, 6.07) is 7.84. The molecule has 1 unspecified atom stereocenters. The number of methoxy groups -OCH3 is 2. The lowest BCUT2D eigenvalue weighted by molar-refractivity contribution is 0.0740. The zero-order valence-corrected chi connectivity index (χ0v) is 11.5. The summed E-state index contributed by atoms with van der Waals surface area (Å²) in [5, 5.41) is 11.1. The second-order valence-corrected chi connectivity index (χ2v) is 4.79. The van der Waals surface area contributed by atoms with Gasteiger partial charge in [-0.15, -0.1) is 0 Å². The van der Waals surface area contributed by atoms with Gasteiger partial charge in [-0.2, -0.15) is 4.98 Å². The first-order chi connectivity index (χ1) is 9.69. The summed E-state index contributed by atoms with van der Waals surface area (Å²) < 4.78 is 10.3. The molecule has 1 atom stereocenters. The van der Waals surface area contributed by atoms with Crippen molar-refractivity contribution in [1.29, 1.82) is 0 Å². The van der Waals surface area contributed by atoms with Crippen LogP contribution in [0.15, 0.2) is 30.5 Å². The number of hydrogen-bond acceptors (Lipinski definition) is 5. The van der Waals surface area contributed by atoms with E-state index in [1.54, 1.807) is 0 Å². The Balaban J connectivity index is 2.14. The maximum atomic E-state index is 11.1. The smallest absolute Gasteiger partial charge is 0.242 e. The van der Waals surface area contributed by atoms with E-state index in [1.807, 2.05) is 24.3 Å². The van der Waals surface area contributed by atoms with Crippen molar-refractivity contribution < 1.29 is 14.6 Å². The van der Waals surface area contributed by atoms with E-state index in [0.717, 1.165) is 17.5 Å². The molecule has 0 radical (unpaired) electrons. The van der Waals surface area contributed by atoms with Gasteiger partial charge >= 0.3 is 0 Å². The third-order valence-corrected chi connectivity index (χ3v) is 3.73. The van der Waals surface area contributed by atoms with Crippen molar-refractivity contribution in [2.24, 2.45) is 0 Å². The monoisotopic (exact) mass is 272 g/mol. The van der Waals surface area contributed by atoms with Gasteiger partial charge in [0.25, 0.3) is 0 Å². The van der Waals surface area contributed by atoms with E-state index in [0.29, 0.717) is 23.9 Å². The summed E-state index contributed by atoms with van der Waals surface area (Å²) in [6.07, 6.45) is 2.88. The molecule has 1 aliphatic carbocycles. The fourth-order valence-corrected chi connectivity index (χ4v) is 2.72. The van der Waals surface area contributed by atoms with E-state index >= 15 is 0 Å². The van der Waals surface area contributed by atoms with Crippen LogP contribution in [0.4, 0.5) is 0 Å². The van der Waals surface area contributed by atoms with Crippen LogP contribution < -0.4 is 9.47 Å². The van der Waals surface area contributed by atoms with Gasteiger partial charge in [0.1, 0.15) is 11.3 Å². The highest BCUT2D eigenvalue weighted by atomic mass is 16.5. The lowest BCUT2D eigenvalue weighted by Crippen LogP contribution is -2.26. The minimum atomic E-state index is -1.15. The molecule has 1 aliphatic rings. The van der Waals surface area contributed by atoms with Crippen molar-refractivity contribution in [2.45, 2.75) is 18.4 Å². The van der Waals surface area contributed by atoms with Crippen molar-refractivity contribution in [3.63, 3.8) is 0 Å². The largest absolute Gasteiger partial charge is 0.480 e. The molecule has 1 N–H and O–H groups in total. The summed E-state index contributed by atoms with van der Waals surface area (Å²) >= 11 is 0. The number of aliphatic hydroxyl groups is 1. The number of hydrogen-bond donors (Lipinski definition) is 1. The molecule has 0 fully saturated rings. The minimum absolute atomic E-state index is 0.295. The molecular formula is C15H16N2O3. The maximum absolute atomic E-state index is 11.1. The number of aryl methyl sites for hydroxylation is 1. The molecule has 2 aromatic rings. The molecule has 0 saturated carbocycles. The second kappa shape index (κ2) is 4.76. The molecule has 1 aromatic carbocycles. The Morgan fingerprint density at radius 3 is 2.75 bits per heavy atom. The van der Waals surface area contributed by atoms with Crippen LogP contribution in [-0.2, 0) is 12.0 Å². The average Bonchev–Trinajstić information content (AvgIpc) is 2.85. The Labute approximate surface area is 117 Å². The topological polar surface area (TPSA) is 64.5 Å². The van der Waals surface area contributed by atoms with Crippen molar-refractivity contribution in [2.75, 3.05) is 14.2 Å². The molecule has 104 valence electrons. The Hall–Kier alpha value is -2.14. The number of ether oxygens (including phenoxy) is 2. The van der Waals surface area contributed by atoms with Crippen LogP contribution in [0.25, 0.3) is 0 Å². The molecular weight excluding hydrogens is 256 g/mol. The van der Waals surface area contributed by atoms with Crippen molar-refractivity contribution in [3.8, 4) is 11.8 Å². The molecule has 0 saturated heterocycles. The van der Waals surface area contributed by atoms with E-state index in [4.69, 9.17) is 9.47 Å². The Kier molecular flexibility index (Phi) is 3.06. The zero-order valence-electron chi connectivity index (χ0n) is 11.5. The Morgan fingerprint density at radius 1 is 1.20 bits per heavy atom. The van der Waals surface area contributed by atoms with Gasteiger partial charge in [0.15, 0.2) is 0 Å². The highest BCUT2D eigenvalue weighted by Crippen LogP contribution is 2.43. The molecule has 1 aromatic heterocycles. The number of aromatic nitrogens is 2. The molecule has 0 bridgehead atoms. The van der Waals surface area contributed by atoms with E-state index in [-0.39, 0.29) is 0 Å².